The lowest BCUT2D eigenvalue weighted by molar-refractivity contribution is 0.569. The van der Waals surface area contributed by atoms with E-state index in [-0.39, 0.29) is 11.0 Å². The molecule has 1 fully saturated rings. The number of aryl methyl sites for hydroxylation is 1. The fourth-order valence-electron chi connectivity index (χ4n) is 1.62. The van der Waals surface area contributed by atoms with Crippen molar-refractivity contribution in [3.05, 3.63) is 18.0 Å². The predicted octanol–water partition coefficient (Wildman–Crippen LogP) is 0.958. The van der Waals surface area contributed by atoms with Gasteiger partial charge in [0, 0.05) is 18.8 Å². The van der Waals surface area contributed by atoms with Crippen molar-refractivity contribution >= 4 is 9.84 Å². The van der Waals surface area contributed by atoms with Crippen molar-refractivity contribution < 1.29 is 8.42 Å². The Hall–Kier alpha value is -0.880. The van der Waals surface area contributed by atoms with E-state index < -0.39 is 9.84 Å². The second-order valence-corrected chi connectivity index (χ2v) is 7.82. The van der Waals surface area contributed by atoms with Crippen LogP contribution in [0.15, 0.2) is 12.3 Å². The van der Waals surface area contributed by atoms with Crippen molar-refractivity contribution in [2.45, 2.75) is 51.1 Å². The molecule has 0 amide bonds. The van der Waals surface area contributed by atoms with E-state index in [0.717, 1.165) is 12.2 Å². The van der Waals surface area contributed by atoms with Crippen molar-refractivity contribution in [3.8, 4) is 0 Å². The molecule has 0 bridgehead atoms. The number of sulfone groups is 1. The van der Waals surface area contributed by atoms with Crippen LogP contribution < -0.4 is 5.32 Å². The van der Waals surface area contributed by atoms with E-state index in [1.54, 1.807) is 18.5 Å². The van der Waals surface area contributed by atoms with Crippen LogP contribution in [0.2, 0.25) is 0 Å². The van der Waals surface area contributed by atoms with Gasteiger partial charge in [0.15, 0.2) is 9.84 Å². The molecular weight excluding hydrogens is 250 g/mol. The molecule has 1 aliphatic rings. The van der Waals surface area contributed by atoms with E-state index in [4.69, 9.17) is 0 Å². The Bertz CT molecular complexity index is 489. The van der Waals surface area contributed by atoms with Gasteiger partial charge in [-0.1, -0.05) is 0 Å². The fourth-order valence-corrected chi connectivity index (χ4v) is 2.53. The van der Waals surface area contributed by atoms with Gasteiger partial charge >= 0.3 is 0 Å². The molecule has 0 spiro atoms. The van der Waals surface area contributed by atoms with Gasteiger partial charge in [0.1, 0.15) is 0 Å². The minimum atomic E-state index is -2.98. The quantitative estimate of drug-likeness (QED) is 0.802. The summed E-state index contributed by atoms with van der Waals surface area (Å²) in [5.74, 6) is 0.155. The van der Waals surface area contributed by atoms with Gasteiger partial charge in [-0.3, -0.25) is 4.68 Å². The second-order valence-electron chi connectivity index (χ2n) is 5.14. The molecule has 1 N–H and O–H groups in total. The number of rotatable bonds is 7. The third-order valence-corrected chi connectivity index (χ3v) is 5.36. The monoisotopic (exact) mass is 271 g/mol. The molecule has 6 heteroatoms. The largest absolute Gasteiger partial charge is 0.308 e. The number of nitrogens with zero attached hydrogens (tertiary/aromatic N) is 2. The summed E-state index contributed by atoms with van der Waals surface area (Å²) >= 11 is 0. The van der Waals surface area contributed by atoms with Crippen LogP contribution in [0.1, 0.15) is 32.4 Å². The molecule has 1 aliphatic carbocycles. The molecule has 2 rings (SSSR count). The maximum Gasteiger partial charge on any atom is 0.154 e. The summed E-state index contributed by atoms with van der Waals surface area (Å²) in [5.41, 5.74) is 0.976. The van der Waals surface area contributed by atoms with E-state index in [9.17, 15) is 8.42 Å². The highest BCUT2D eigenvalue weighted by atomic mass is 32.2. The Balaban J connectivity index is 1.82. The van der Waals surface area contributed by atoms with Crippen LogP contribution in [0.25, 0.3) is 0 Å². The number of nitrogens with one attached hydrogen (secondary N) is 1. The molecule has 18 heavy (non-hydrogen) atoms. The molecule has 0 aromatic carbocycles. The lowest BCUT2D eigenvalue weighted by Gasteiger charge is -2.07. The van der Waals surface area contributed by atoms with Crippen LogP contribution in [0.5, 0.6) is 0 Å². The fraction of sp³-hybridized carbons (Fsp3) is 0.750. The van der Waals surface area contributed by atoms with Gasteiger partial charge in [0.25, 0.3) is 0 Å². The molecule has 102 valence electrons. The van der Waals surface area contributed by atoms with Crippen molar-refractivity contribution in [2.75, 3.05) is 5.75 Å². The number of hydrogen-bond donors (Lipinski definition) is 1. The van der Waals surface area contributed by atoms with Gasteiger partial charge in [-0.05, 0) is 32.8 Å². The first-order valence-corrected chi connectivity index (χ1v) is 8.16. The highest BCUT2D eigenvalue weighted by Gasteiger charge is 2.20. The zero-order valence-corrected chi connectivity index (χ0v) is 11.8. The molecule has 0 aliphatic heterocycles. The van der Waals surface area contributed by atoms with E-state index in [1.165, 1.54) is 12.8 Å². The summed E-state index contributed by atoms with van der Waals surface area (Å²) < 4.78 is 25.1. The minimum Gasteiger partial charge on any atom is -0.308 e. The lowest BCUT2D eigenvalue weighted by atomic mass is 10.4. The SMILES string of the molecule is CC(C)S(=O)(=O)CCn1ccc(CNC2CC2)n1. The van der Waals surface area contributed by atoms with Gasteiger partial charge < -0.3 is 5.32 Å². The molecule has 1 aromatic rings. The molecule has 0 atom stereocenters. The van der Waals surface area contributed by atoms with Crippen LogP contribution in [-0.4, -0.2) is 35.2 Å². The highest BCUT2D eigenvalue weighted by molar-refractivity contribution is 7.91. The minimum absolute atomic E-state index is 0.155. The third kappa shape index (κ3) is 3.81. The van der Waals surface area contributed by atoms with E-state index >= 15 is 0 Å². The van der Waals surface area contributed by atoms with Crippen LogP contribution in [-0.2, 0) is 22.9 Å². The summed E-state index contributed by atoms with van der Waals surface area (Å²) in [6, 6.07) is 2.61. The van der Waals surface area contributed by atoms with Crippen LogP contribution >= 0.6 is 0 Å². The highest BCUT2D eigenvalue weighted by Crippen LogP contribution is 2.18. The summed E-state index contributed by atoms with van der Waals surface area (Å²) in [5, 5.41) is 7.43. The summed E-state index contributed by atoms with van der Waals surface area (Å²) in [6.45, 7) is 4.63. The van der Waals surface area contributed by atoms with Crippen LogP contribution in [0.4, 0.5) is 0 Å². The molecule has 0 saturated heterocycles. The normalized spacial score (nSPS) is 16.4. The van der Waals surface area contributed by atoms with E-state index in [2.05, 4.69) is 10.4 Å². The smallest absolute Gasteiger partial charge is 0.154 e. The second kappa shape index (κ2) is 5.40. The Morgan fingerprint density at radius 2 is 2.22 bits per heavy atom. The topological polar surface area (TPSA) is 64.0 Å². The Morgan fingerprint density at radius 3 is 2.83 bits per heavy atom. The average Bonchev–Trinajstić information content (AvgIpc) is 3.03. The Morgan fingerprint density at radius 1 is 1.50 bits per heavy atom. The molecule has 1 aromatic heterocycles. The van der Waals surface area contributed by atoms with E-state index in [1.807, 2.05) is 12.3 Å². The van der Waals surface area contributed by atoms with Crippen LogP contribution in [0, 0.1) is 0 Å². The predicted molar refractivity (Wildman–Crippen MR) is 71.0 cm³/mol. The van der Waals surface area contributed by atoms with Crippen molar-refractivity contribution in [1.82, 2.24) is 15.1 Å². The maximum atomic E-state index is 11.7. The van der Waals surface area contributed by atoms with Gasteiger partial charge in [-0.2, -0.15) is 5.10 Å². The molecule has 1 saturated carbocycles. The number of aromatic nitrogens is 2. The van der Waals surface area contributed by atoms with Crippen molar-refractivity contribution in [2.24, 2.45) is 0 Å². The lowest BCUT2D eigenvalue weighted by Crippen LogP contribution is -2.21. The van der Waals surface area contributed by atoms with Crippen molar-refractivity contribution in [3.63, 3.8) is 0 Å². The van der Waals surface area contributed by atoms with Gasteiger partial charge in [0.05, 0.1) is 23.2 Å². The Labute approximate surface area is 108 Å². The molecule has 5 nitrogen and oxygen atoms in total. The molecule has 0 radical (unpaired) electrons. The standard InChI is InChI=1S/C12H21N3O2S/c1-10(2)18(16,17)8-7-15-6-5-12(14-15)9-13-11-3-4-11/h5-6,10-11,13H,3-4,7-9H2,1-2H3. The number of hydrogen-bond acceptors (Lipinski definition) is 4. The maximum absolute atomic E-state index is 11.7. The first-order valence-electron chi connectivity index (χ1n) is 6.44. The zero-order valence-electron chi connectivity index (χ0n) is 11.0. The summed E-state index contributed by atoms with van der Waals surface area (Å²) in [6.07, 6.45) is 4.36. The zero-order chi connectivity index (χ0) is 13.2. The summed E-state index contributed by atoms with van der Waals surface area (Å²) in [4.78, 5) is 0. The van der Waals surface area contributed by atoms with E-state index in [0.29, 0.717) is 12.6 Å². The van der Waals surface area contributed by atoms with Crippen molar-refractivity contribution in [1.29, 1.82) is 0 Å². The van der Waals surface area contributed by atoms with Gasteiger partial charge in [-0.25, -0.2) is 8.42 Å². The first kappa shape index (κ1) is 13.5. The third-order valence-electron chi connectivity index (χ3n) is 3.17. The first-order chi connectivity index (χ1) is 8.47. The van der Waals surface area contributed by atoms with Gasteiger partial charge in [0.2, 0.25) is 0 Å². The molecule has 0 unspecified atom stereocenters. The van der Waals surface area contributed by atoms with Crippen LogP contribution in [0.3, 0.4) is 0 Å². The molecular formula is C12H21N3O2S. The van der Waals surface area contributed by atoms with Gasteiger partial charge in [-0.15, -0.1) is 0 Å². The summed E-state index contributed by atoms with van der Waals surface area (Å²) in [7, 11) is -2.98. The molecule has 1 heterocycles. The average molecular weight is 271 g/mol. The Kier molecular flexibility index (Phi) is 4.07.